The molecule has 2 unspecified atom stereocenters. The van der Waals surface area contributed by atoms with Crippen molar-refractivity contribution in [2.75, 3.05) is 171 Å². The van der Waals surface area contributed by atoms with Crippen LogP contribution in [0.1, 0.15) is 197 Å². The molecule has 2 aliphatic carbocycles. The first-order chi connectivity index (χ1) is 66.6. The lowest BCUT2D eigenvalue weighted by molar-refractivity contribution is 0.0606. The number of halogens is 2. The smallest absolute Gasteiger partial charge is 0.268 e. The third kappa shape index (κ3) is 39.1. The van der Waals surface area contributed by atoms with Crippen molar-refractivity contribution in [3.8, 4) is 0 Å². The normalized spacial score (nSPS) is 13.0. The Morgan fingerprint density at radius 1 is 0.435 bits per heavy atom. The highest BCUT2D eigenvalue weighted by Crippen LogP contribution is 2.29. The number of likely N-dealkylation sites (N-methyl/N-ethyl adjacent to an activating group) is 1. The number of benzene rings is 9. The van der Waals surface area contributed by atoms with Crippen LogP contribution in [-0.2, 0) is 6.54 Å². The number of nitrogens with one attached hydrogen (secondary N) is 13. The average molecular weight is 1900 g/mol. The van der Waals surface area contributed by atoms with E-state index in [0.717, 1.165) is 162 Å². The van der Waals surface area contributed by atoms with Gasteiger partial charge in [0, 0.05) is 236 Å². The number of nitrogens with zero attached hydrogens (tertiary/aromatic N) is 5. The highest BCUT2D eigenvalue weighted by molar-refractivity contribution is 6.00. The molecule has 3 heterocycles. The van der Waals surface area contributed by atoms with E-state index in [1.807, 2.05) is 238 Å². The lowest BCUT2D eigenvalue weighted by atomic mass is 9.99. The number of carbonyl (C=O) groups is 9. The van der Waals surface area contributed by atoms with E-state index in [1.54, 1.807) is 105 Å². The molecule has 2 aliphatic heterocycles. The summed E-state index contributed by atoms with van der Waals surface area (Å²) < 4.78 is 28.8. The Morgan fingerprint density at radius 3 is 1.17 bits per heavy atom. The fraction of sp³-hybridized carbons (Fsp3) is 0.368. The van der Waals surface area contributed by atoms with Crippen LogP contribution in [0.4, 0.5) is 60.0 Å². The van der Waals surface area contributed by atoms with Gasteiger partial charge in [-0.2, -0.15) is 0 Å². The van der Waals surface area contributed by atoms with Crippen molar-refractivity contribution < 1.29 is 61.5 Å². The Bertz CT molecular complexity index is 5350. The first kappa shape index (κ1) is 112. The Hall–Kier alpha value is -14.5. The molecular formula is C106H143F2N19O11. The first-order valence-electron chi connectivity index (χ1n) is 46.9. The number of piperidine rings is 1. The summed E-state index contributed by atoms with van der Waals surface area (Å²) in [4.78, 5) is 114. The second kappa shape index (κ2) is 61.5. The lowest BCUT2D eigenvalue weighted by Crippen LogP contribution is -2.43. The van der Waals surface area contributed by atoms with E-state index in [0.29, 0.717) is 64.8 Å². The molecule has 9 aromatic carbocycles. The molecular weight excluding hydrogens is 1750 g/mol. The van der Waals surface area contributed by atoms with Crippen LogP contribution in [0, 0.1) is 0 Å². The molecule has 10 aromatic rings. The summed E-state index contributed by atoms with van der Waals surface area (Å²) in [7, 11) is 19.9. The molecule has 9 amide bonds. The number of aliphatic hydroxyl groups is 1. The molecule has 742 valence electrons. The molecule has 1 aromatic heterocycles. The first-order valence-corrected chi connectivity index (χ1v) is 46.9. The standard InChI is InChI=1S/C15H22N2O.C13H15N3O2.C12H18N2O2.2C12H16N2O.C12H18N2O.C11H14N2O.C10H12F2N2O.C9H12N2O/c1-3-14-9-4-5-10-17(14)15(18)12-7-6-8-13(11-12)16-2;1-15-11-5-2-4-10(8-11)13(17)16(14)9-12-6-3-7-18-12;1-3-14(7-8-15)12(16)10-5-4-6-11(9-10)13-2;1-13-10-5-3-4-9(8-10)12(15)14(2)11-6-7-11;1-13-11-6-4-5-10(9-11)12(15)14-7-2-3-8-14;1-4-9(2)14-12(15)10-6-5-7-11(8-10)13-3;1-12-10-4-2-3-8(7-10)11(14)13-9-5-6-9;1-13-8-4-2-3-7(5-8)10(15)14-6-9(11)12;1-10-8-5-3-4-7(6-8)9(12)11-2/h6-8,11,14,16H,3-5,9-10H2,1-2H3;2-8,15H,9,14H2,1H3;4-6,9,13,15H,3,7-8H2,1-2H3;3-5,8,11,13H,6-7H2,1-2H3;4-6,9,13H,2-3,7-8H2,1H3;5-9,13H,4H2,1-3H3,(H,14,15);2-4,7,9,12H,5-6H2,1H3,(H,13,14);2-5,9,13H,6H2,1H3,(H,14,15);3-6,10H,1-2H3,(H,11,12). The highest BCUT2D eigenvalue weighted by atomic mass is 19.3. The number of rotatable bonds is 30. The molecule has 0 spiro atoms. The molecule has 0 bridgehead atoms. The van der Waals surface area contributed by atoms with Gasteiger partial charge in [-0.15, -0.1) is 0 Å². The highest BCUT2D eigenvalue weighted by Gasteiger charge is 2.31. The largest absolute Gasteiger partial charge is 0.467 e. The predicted molar refractivity (Wildman–Crippen MR) is 554 cm³/mol. The molecule has 0 radical (unpaired) electrons. The quantitative estimate of drug-likeness (QED) is 0.0113. The van der Waals surface area contributed by atoms with Crippen molar-refractivity contribution in [2.24, 2.45) is 5.84 Å². The summed E-state index contributed by atoms with van der Waals surface area (Å²) in [6.07, 6.45) is 11.4. The maximum Gasteiger partial charge on any atom is 0.268 e. The Kier molecular flexibility index (Phi) is 50.0. The number of hydrogen-bond acceptors (Lipinski definition) is 21. The van der Waals surface area contributed by atoms with Crippen molar-refractivity contribution in [1.29, 1.82) is 0 Å². The lowest BCUT2D eigenvalue weighted by Gasteiger charge is -2.35. The molecule has 138 heavy (non-hydrogen) atoms. The number of anilines is 9. The maximum atomic E-state index is 12.5. The van der Waals surface area contributed by atoms with E-state index < -0.39 is 18.9 Å². The minimum atomic E-state index is -2.53. The molecule has 16 N–H and O–H groups in total. The zero-order valence-electron chi connectivity index (χ0n) is 82.4. The Balaban J connectivity index is 0.000000239. The van der Waals surface area contributed by atoms with Gasteiger partial charge in [0.05, 0.1) is 26.0 Å². The van der Waals surface area contributed by atoms with Gasteiger partial charge < -0.3 is 98.2 Å². The van der Waals surface area contributed by atoms with Crippen LogP contribution in [0.2, 0.25) is 0 Å². The zero-order valence-corrected chi connectivity index (χ0v) is 82.4. The van der Waals surface area contributed by atoms with Crippen LogP contribution in [0.25, 0.3) is 0 Å². The van der Waals surface area contributed by atoms with Crippen LogP contribution in [0.15, 0.2) is 241 Å². The topological polar surface area (TPSA) is 386 Å². The van der Waals surface area contributed by atoms with Crippen molar-refractivity contribution in [1.82, 2.24) is 45.9 Å². The SMILES string of the molecule is CCC(C)NC(=O)c1cccc(NC)c1.CCC1CCCCN1C(=O)c1cccc(NC)c1.CCN(CCO)C(=O)c1cccc(NC)c1.CNC(=O)c1cccc(NC)c1.CNc1cccc(C(=O)N(C)C2CC2)c1.CNc1cccc(C(=O)N(N)Cc2ccco2)c1.CNc1cccc(C(=O)N2CCCC2)c1.CNc1cccc(C(=O)NC2CC2)c1.CNc1cccc(C(=O)NCC(F)F)c1. The number of furan rings is 1. The van der Waals surface area contributed by atoms with E-state index >= 15 is 0 Å². The van der Waals surface area contributed by atoms with Gasteiger partial charge >= 0.3 is 0 Å². The summed E-state index contributed by atoms with van der Waals surface area (Å²) in [5, 5.41) is 47.5. The van der Waals surface area contributed by atoms with Gasteiger partial charge in [-0.1, -0.05) is 68.4 Å². The molecule has 2 saturated heterocycles. The third-order valence-electron chi connectivity index (χ3n) is 22.6. The number of alkyl halides is 2. The van der Waals surface area contributed by atoms with Crippen LogP contribution in [0.3, 0.4) is 0 Å². The van der Waals surface area contributed by atoms with Gasteiger partial charge in [0.15, 0.2) is 0 Å². The molecule has 4 aliphatic rings. The van der Waals surface area contributed by atoms with Crippen molar-refractivity contribution in [2.45, 2.75) is 135 Å². The van der Waals surface area contributed by atoms with Crippen LogP contribution < -0.4 is 75.0 Å². The average Bonchev–Trinajstić information content (AvgIpc) is 1.77. The number of aliphatic hydroxyl groups excluding tert-OH is 1. The van der Waals surface area contributed by atoms with Gasteiger partial charge in [0.1, 0.15) is 5.76 Å². The van der Waals surface area contributed by atoms with Crippen molar-refractivity contribution >= 4 is 104 Å². The van der Waals surface area contributed by atoms with Crippen LogP contribution >= 0.6 is 0 Å². The zero-order chi connectivity index (χ0) is 101. The van der Waals surface area contributed by atoms with E-state index in [2.05, 4.69) is 87.9 Å². The molecule has 2 saturated carbocycles. The second-order valence-corrected chi connectivity index (χ2v) is 32.5. The summed E-state index contributed by atoms with van der Waals surface area (Å²) in [6.45, 7) is 11.4. The molecule has 30 nitrogen and oxygen atoms in total. The number of hydrazine groups is 1. The van der Waals surface area contributed by atoms with E-state index in [9.17, 15) is 51.9 Å². The van der Waals surface area contributed by atoms with E-state index in [1.165, 1.54) is 6.42 Å². The van der Waals surface area contributed by atoms with Gasteiger partial charge in [-0.25, -0.2) is 14.6 Å². The van der Waals surface area contributed by atoms with E-state index in [4.69, 9.17) is 15.4 Å². The number of nitrogens with two attached hydrogens (primary N) is 1. The van der Waals surface area contributed by atoms with Crippen molar-refractivity contribution in [3.05, 3.63) is 293 Å². The number of likely N-dealkylation sites (tertiary alicyclic amines) is 2. The Morgan fingerprint density at radius 2 is 0.804 bits per heavy atom. The third-order valence-corrected chi connectivity index (χ3v) is 22.6. The minimum absolute atomic E-state index is 0.00863. The summed E-state index contributed by atoms with van der Waals surface area (Å²) in [5.74, 6) is 6.01. The Labute approximate surface area is 812 Å². The van der Waals surface area contributed by atoms with Gasteiger partial charge in [-0.3, -0.25) is 48.2 Å². The fourth-order valence-electron chi connectivity index (χ4n) is 13.9. The molecule has 4 fully saturated rings. The molecule has 32 heteroatoms. The van der Waals surface area contributed by atoms with Gasteiger partial charge in [-0.05, 0) is 260 Å². The van der Waals surface area contributed by atoms with Crippen LogP contribution in [-0.4, -0.2) is 237 Å². The number of amides is 9. The van der Waals surface area contributed by atoms with Crippen LogP contribution in [0.5, 0.6) is 0 Å². The van der Waals surface area contributed by atoms with E-state index in [-0.39, 0.29) is 66.5 Å². The second-order valence-electron chi connectivity index (χ2n) is 32.5. The number of carbonyl (C=O) groups excluding carboxylic acids is 9. The molecule has 2 atom stereocenters. The van der Waals surface area contributed by atoms with Gasteiger partial charge in [0.2, 0.25) is 0 Å². The van der Waals surface area contributed by atoms with Gasteiger partial charge in [0.25, 0.3) is 59.6 Å². The number of hydrogen-bond donors (Lipinski definition) is 15. The predicted octanol–water partition coefficient (Wildman–Crippen LogP) is 16.8. The van der Waals surface area contributed by atoms with Crippen molar-refractivity contribution in [3.63, 3.8) is 0 Å². The summed E-state index contributed by atoms with van der Waals surface area (Å²) in [6, 6.07) is 71.5. The fourth-order valence-corrected chi connectivity index (χ4v) is 13.9. The maximum absolute atomic E-state index is 12.5. The molecule has 14 rings (SSSR count). The minimum Gasteiger partial charge on any atom is -0.467 e. The summed E-state index contributed by atoms with van der Waals surface area (Å²) >= 11 is 0. The monoisotopic (exact) mass is 1900 g/mol. The summed E-state index contributed by atoms with van der Waals surface area (Å²) in [5.41, 5.74) is 14.3.